The largest absolute Gasteiger partial charge is 0.497 e. The number of benzene rings is 2. The monoisotopic (exact) mass is 381 g/mol. The SMILES string of the molecule is COc1ccc2c(c1)C1=NN(C(C)=O)[C@@H](c3ccc(O[N+](=O)[O-])cc3)[C@@H]1CC2. The zero-order chi connectivity index (χ0) is 19.8. The van der Waals surface area contributed by atoms with E-state index in [0.717, 1.165) is 35.4 Å². The van der Waals surface area contributed by atoms with Crippen LogP contribution in [0, 0.1) is 16.0 Å². The van der Waals surface area contributed by atoms with Gasteiger partial charge in [-0.25, -0.2) is 5.01 Å². The molecule has 0 spiro atoms. The Bertz CT molecular complexity index is 970. The number of methoxy groups -OCH3 is 1. The molecule has 0 N–H and O–H groups in total. The van der Waals surface area contributed by atoms with E-state index in [4.69, 9.17) is 4.74 Å². The van der Waals surface area contributed by atoms with Crippen LogP contribution in [0.1, 0.15) is 36.1 Å². The Morgan fingerprint density at radius 1 is 1.21 bits per heavy atom. The summed E-state index contributed by atoms with van der Waals surface area (Å²) >= 11 is 0. The predicted molar refractivity (Wildman–Crippen MR) is 101 cm³/mol. The fourth-order valence-corrected chi connectivity index (χ4v) is 4.02. The number of fused-ring (bicyclic) bond motifs is 3. The molecule has 1 aliphatic heterocycles. The minimum absolute atomic E-state index is 0.0470. The number of carbonyl (C=O) groups excluding carboxylic acids is 1. The van der Waals surface area contributed by atoms with Gasteiger partial charge < -0.3 is 4.74 Å². The molecule has 2 atom stereocenters. The van der Waals surface area contributed by atoms with Crippen LogP contribution >= 0.6 is 0 Å². The summed E-state index contributed by atoms with van der Waals surface area (Å²) in [6.07, 6.45) is 1.74. The highest BCUT2D eigenvalue weighted by molar-refractivity contribution is 6.07. The predicted octanol–water partition coefficient (Wildman–Crippen LogP) is 3.14. The van der Waals surface area contributed by atoms with Gasteiger partial charge in [0.05, 0.1) is 18.9 Å². The zero-order valence-corrected chi connectivity index (χ0v) is 15.5. The van der Waals surface area contributed by atoms with Crippen molar-refractivity contribution in [3.05, 3.63) is 69.3 Å². The molecule has 0 unspecified atom stereocenters. The highest BCUT2D eigenvalue weighted by Gasteiger charge is 2.43. The van der Waals surface area contributed by atoms with Crippen LogP contribution in [0.5, 0.6) is 11.5 Å². The molecule has 2 aromatic rings. The van der Waals surface area contributed by atoms with Crippen molar-refractivity contribution in [3.63, 3.8) is 0 Å². The van der Waals surface area contributed by atoms with Crippen LogP contribution in [0.4, 0.5) is 0 Å². The van der Waals surface area contributed by atoms with E-state index < -0.39 is 5.09 Å². The first-order valence-electron chi connectivity index (χ1n) is 8.96. The maximum atomic E-state index is 12.3. The van der Waals surface area contributed by atoms with Gasteiger partial charge in [-0.2, -0.15) is 5.10 Å². The second-order valence-electron chi connectivity index (χ2n) is 6.85. The lowest BCUT2D eigenvalue weighted by Gasteiger charge is -2.29. The number of carbonyl (C=O) groups is 1. The zero-order valence-electron chi connectivity index (χ0n) is 15.5. The molecule has 0 radical (unpaired) electrons. The van der Waals surface area contributed by atoms with Crippen molar-refractivity contribution in [1.29, 1.82) is 0 Å². The third kappa shape index (κ3) is 3.06. The Labute approximate surface area is 161 Å². The third-order valence-corrected chi connectivity index (χ3v) is 5.25. The lowest BCUT2D eigenvalue weighted by Crippen LogP contribution is -2.31. The van der Waals surface area contributed by atoms with Crippen molar-refractivity contribution in [3.8, 4) is 11.5 Å². The van der Waals surface area contributed by atoms with E-state index in [2.05, 4.69) is 9.94 Å². The summed E-state index contributed by atoms with van der Waals surface area (Å²) in [5.74, 6) is 0.787. The maximum absolute atomic E-state index is 12.3. The smallest absolute Gasteiger partial charge is 0.299 e. The Balaban J connectivity index is 1.72. The summed E-state index contributed by atoms with van der Waals surface area (Å²) in [4.78, 5) is 27.3. The average Bonchev–Trinajstić information content (AvgIpc) is 3.08. The number of ether oxygens (including phenoxy) is 1. The van der Waals surface area contributed by atoms with Gasteiger partial charge in [-0.3, -0.25) is 9.63 Å². The molecule has 28 heavy (non-hydrogen) atoms. The summed E-state index contributed by atoms with van der Waals surface area (Å²) in [5.41, 5.74) is 3.94. The van der Waals surface area contributed by atoms with Crippen LogP contribution in [0.2, 0.25) is 0 Å². The lowest BCUT2D eigenvalue weighted by molar-refractivity contribution is -0.711. The van der Waals surface area contributed by atoms with E-state index in [0.29, 0.717) is 0 Å². The first-order valence-corrected chi connectivity index (χ1v) is 8.96. The molecule has 2 aromatic carbocycles. The fraction of sp³-hybridized carbons (Fsp3) is 0.300. The van der Waals surface area contributed by atoms with Crippen LogP contribution in [0.3, 0.4) is 0 Å². The average molecular weight is 381 g/mol. The second kappa shape index (κ2) is 6.95. The Kier molecular flexibility index (Phi) is 4.46. The molecule has 144 valence electrons. The summed E-state index contributed by atoms with van der Waals surface area (Å²) in [6.45, 7) is 1.49. The van der Waals surface area contributed by atoms with Crippen molar-refractivity contribution in [2.75, 3.05) is 7.11 Å². The van der Waals surface area contributed by atoms with Crippen molar-refractivity contribution in [1.82, 2.24) is 5.01 Å². The summed E-state index contributed by atoms with van der Waals surface area (Å²) < 4.78 is 5.35. The van der Waals surface area contributed by atoms with Crippen LogP contribution in [0.25, 0.3) is 0 Å². The van der Waals surface area contributed by atoms with Crippen molar-refractivity contribution in [2.24, 2.45) is 11.0 Å². The van der Waals surface area contributed by atoms with E-state index in [1.54, 1.807) is 19.2 Å². The molecule has 2 aliphatic rings. The van der Waals surface area contributed by atoms with E-state index in [1.165, 1.54) is 29.6 Å². The first-order chi connectivity index (χ1) is 13.5. The number of hydrazone groups is 1. The molecule has 4 rings (SSSR count). The van der Waals surface area contributed by atoms with Crippen LogP contribution in [-0.4, -0.2) is 28.8 Å². The minimum Gasteiger partial charge on any atom is -0.497 e. The van der Waals surface area contributed by atoms with Gasteiger partial charge in [0.2, 0.25) is 5.91 Å². The van der Waals surface area contributed by atoms with Gasteiger partial charge in [0, 0.05) is 18.4 Å². The highest BCUT2D eigenvalue weighted by atomic mass is 17.0. The van der Waals surface area contributed by atoms with Gasteiger partial charge >= 0.3 is 0 Å². The molecule has 8 heteroatoms. The standard InChI is InChI=1S/C20H19N3O5/c1-12(24)22-20(14-4-7-15(8-5-14)28-23(25)26)17-10-6-13-3-9-16(27-2)11-18(13)19(17)21-22/h3-5,7-9,11,17,20H,6,10H2,1-2H3/t17-,20+/m1/s1. The van der Waals surface area contributed by atoms with Gasteiger partial charge in [0.25, 0.3) is 5.09 Å². The van der Waals surface area contributed by atoms with Crippen LogP contribution < -0.4 is 9.57 Å². The highest BCUT2D eigenvalue weighted by Crippen LogP contribution is 2.44. The van der Waals surface area contributed by atoms with Crippen molar-refractivity contribution in [2.45, 2.75) is 25.8 Å². The number of aryl methyl sites for hydroxylation is 1. The number of hydrogen-bond acceptors (Lipinski definition) is 6. The molecule has 1 amide bonds. The molecule has 1 heterocycles. The molecular formula is C20H19N3O5. The normalized spacial score (nSPS) is 20.1. The molecule has 1 aliphatic carbocycles. The summed E-state index contributed by atoms with van der Waals surface area (Å²) in [6, 6.07) is 12.3. The van der Waals surface area contributed by atoms with Gasteiger partial charge in [-0.1, -0.05) is 18.2 Å². The minimum atomic E-state index is -0.848. The van der Waals surface area contributed by atoms with Gasteiger partial charge in [-0.05, 0) is 48.2 Å². The maximum Gasteiger partial charge on any atom is 0.299 e. The molecule has 0 aromatic heterocycles. The van der Waals surface area contributed by atoms with Crippen LogP contribution in [0.15, 0.2) is 47.6 Å². The van der Waals surface area contributed by atoms with Crippen molar-refractivity contribution >= 4 is 11.6 Å². The summed E-state index contributed by atoms with van der Waals surface area (Å²) in [5, 5.41) is 15.8. The molecular weight excluding hydrogens is 362 g/mol. The van der Waals surface area contributed by atoms with Gasteiger partial charge in [-0.15, -0.1) is 10.1 Å². The topological polar surface area (TPSA) is 94.3 Å². The van der Waals surface area contributed by atoms with Gasteiger partial charge in [0.15, 0.2) is 0 Å². The van der Waals surface area contributed by atoms with E-state index in [9.17, 15) is 14.9 Å². The Hall–Kier alpha value is -3.42. The lowest BCUT2D eigenvalue weighted by atomic mass is 9.77. The molecule has 0 fully saturated rings. The van der Waals surface area contributed by atoms with Gasteiger partial charge in [0.1, 0.15) is 11.5 Å². The van der Waals surface area contributed by atoms with E-state index in [1.807, 2.05) is 18.2 Å². The number of rotatable bonds is 4. The van der Waals surface area contributed by atoms with E-state index >= 15 is 0 Å². The summed E-state index contributed by atoms with van der Waals surface area (Å²) in [7, 11) is 1.62. The third-order valence-electron chi connectivity index (χ3n) is 5.25. The molecule has 8 nitrogen and oxygen atoms in total. The van der Waals surface area contributed by atoms with Crippen LogP contribution in [-0.2, 0) is 11.2 Å². The fourth-order valence-electron chi connectivity index (χ4n) is 4.02. The van der Waals surface area contributed by atoms with E-state index in [-0.39, 0.29) is 23.6 Å². The number of nitrogens with zero attached hydrogens (tertiary/aromatic N) is 3. The Morgan fingerprint density at radius 3 is 2.57 bits per heavy atom. The quantitative estimate of drug-likeness (QED) is 0.599. The number of amides is 1. The number of hydrogen-bond donors (Lipinski definition) is 0. The molecule has 0 bridgehead atoms. The first kappa shape index (κ1) is 18.0. The van der Waals surface area contributed by atoms with Crippen molar-refractivity contribution < 1.29 is 19.5 Å². The second-order valence-corrected chi connectivity index (χ2v) is 6.85. The Morgan fingerprint density at radius 2 is 1.93 bits per heavy atom. The molecule has 0 saturated carbocycles. The molecule has 0 saturated heterocycles.